The van der Waals surface area contributed by atoms with Crippen LogP contribution in [0.15, 0.2) is 42.5 Å². The van der Waals surface area contributed by atoms with E-state index >= 15 is 0 Å². The SMILES string of the molecule is COc1ccc(NC(=S)N[C@@H]2CCCC[C@H]2NC(=O)c2cc(C(F)(F)F)cc(C(F)(F)F)c2)cc1. The number of amides is 1. The van der Waals surface area contributed by atoms with E-state index in [1.54, 1.807) is 24.3 Å². The van der Waals surface area contributed by atoms with Crippen LogP contribution in [0.5, 0.6) is 5.75 Å². The van der Waals surface area contributed by atoms with Gasteiger partial charge in [-0.25, -0.2) is 0 Å². The van der Waals surface area contributed by atoms with Crippen LogP contribution >= 0.6 is 12.2 Å². The average molecular weight is 520 g/mol. The van der Waals surface area contributed by atoms with Crippen molar-refractivity contribution in [3.05, 3.63) is 59.2 Å². The molecular formula is C23H23F6N3O2S. The van der Waals surface area contributed by atoms with Crippen LogP contribution in [0.2, 0.25) is 0 Å². The Labute approximate surface area is 203 Å². The molecule has 1 saturated carbocycles. The van der Waals surface area contributed by atoms with Crippen LogP contribution in [0.3, 0.4) is 0 Å². The smallest absolute Gasteiger partial charge is 0.416 e. The Morgan fingerprint density at radius 1 is 0.886 bits per heavy atom. The molecule has 5 nitrogen and oxygen atoms in total. The minimum Gasteiger partial charge on any atom is -0.497 e. The second-order valence-corrected chi connectivity index (χ2v) is 8.50. The molecule has 12 heteroatoms. The lowest BCUT2D eigenvalue weighted by molar-refractivity contribution is -0.143. The highest BCUT2D eigenvalue weighted by Crippen LogP contribution is 2.36. The van der Waals surface area contributed by atoms with Crippen molar-refractivity contribution in [2.45, 2.75) is 50.1 Å². The van der Waals surface area contributed by atoms with Crippen LogP contribution in [0.4, 0.5) is 32.0 Å². The number of carbonyl (C=O) groups excluding carboxylic acids is 1. The minimum atomic E-state index is -5.04. The van der Waals surface area contributed by atoms with Gasteiger partial charge >= 0.3 is 12.4 Å². The standard InChI is InChI=1S/C23H23F6N3O2S/c1-34-17-8-6-16(7-9-17)30-21(35)32-19-5-3-2-4-18(19)31-20(33)13-10-14(22(24,25)26)12-15(11-13)23(27,28)29/h6-12,18-19H,2-5H2,1H3,(H,31,33)(H2,30,32,35)/t18-,19-/m1/s1. The van der Waals surface area contributed by atoms with Crippen LogP contribution in [-0.4, -0.2) is 30.2 Å². The van der Waals surface area contributed by atoms with Crippen LogP contribution in [0.1, 0.15) is 47.2 Å². The first-order valence-electron chi connectivity index (χ1n) is 10.7. The second kappa shape index (κ2) is 10.7. The van der Waals surface area contributed by atoms with E-state index in [4.69, 9.17) is 17.0 Å². The summed E-state index contributed by atoms with van der Waals surface area (Å²) in [6.45, 7) is 0. The van der Waals surface area contributed by atoms with Gasteiger partial charge in [-0.1, -0.05) is 12.8 Å². The predicted molar refractivity (Wildman–Crippen MR) is 122 cm³/mol. The van der Waals surface area contributed by atoms with Crippen molar-refractivity contribution < 1.29 is 35.9 Å². The van der Waals surface area contributed by atoms with Crippen LogP contribution in [0.25, 0.3) is 0 Å². The molecule has 0 aromatic heterocycles. The van der Waals surface area contributed by atoms with Gasteiger partial charge < -0.3 is 20.7 Å². The third-order valence-electron chi connectivity index (χ3n) is 5.60. The first kappa shape index (κ1) is 26.6. The summed E-state index contributed by atoms with van der Waals surface area (Å²) in [6.07, 6.45) is -7.43. The highest BCUT2D eigenvalue weighted by atomic mass is 32.1. The largest absolute Gasteiger partial charge is 0.497 e. The summed E-state index contributed by atoms with van der Waals surface area (Å²) in [7, 11) is 1.54. The summed E-state index contributed by atoms with van der Waals surface area (Å²) >= 11 is 5.34. The third kappa shape index (κ3) is 7.23. The van der Waals surface area contributed by atoms with E-state index in [0.29, 0.717) is 36.4 Å². The maximum Gasteiger partial charge on any atom is 0.416 e. The lowest BCUT2D eigenvalue weighted by atomic mass is 9.90. The van der Waals surface area contributed by atoms with Gasteiger partial charge in [0.15, 0.2) is 5.11 Å². The van der Waals surface area contributed by atoms with Gasteiger partial charge in [0.1, 0.15) is 5.75 Å². The fourth-order valence-electron chi connectivity index (χ4n) is 3.82. The third-order valence-corrected chi connectivity index (χ3v) is 5.82. The molecule has 3 N–H and O–H groups in total. The van der Waals surface area contributed by atoms with Gasteiger partial charge in [0.05, 0.1) is 18.2 Å². The first-order chi connectivity index (χ1) is 16.4. The van der Waals surface area contributed by atoms with Gasteiger partial charge in [-0.05, 0) is 67.5 Å². The normalized spacial score (nSPS) is 18.5. The molecule has 0 heterocycles. The fourth-order valence-corrected chi connectivity index (χ4v) is 4.09. The number of alkyl halides is 6. The molecule has 2 aromatic rings. The van der Waals surface area contributed by atoms with Gasteiger partial charge in [-0.15, -0.1) is 0 Å². The molecule has 1 fully saturated rings. The van der Waals surface area contributed by atoms with Gasteiger partial charge in [0.25, 0.3) is 5.91 Å². The van der Waals surface area contributed by atoms with Gasteiger partial charge in [0.2, 0.25) is 0 Å². The molecule has 2 atom stereocenters. The molecule has 0 bridgehead atoms. The number of nitrogens with one attached hydrogen (secondary N) is 3. The van der Waals surface area contributed by atoms with Gasteiger partial charge in [-0.3, -0.25) is 4.79 Å². The zero-order valence-electron chi connectivity index (χ0n) is 18.5. The summed E-state index contributed by atoms with van der Waals surface area (Å²) in [4.78, 5) is 12.7. The molecule has 1 aliphatic rings. The second-order valence-electron chi connectivity index (χ2n) is 8.09. The van der Waals surface area contributed by atoms with Crippen molar-refractivity contribution in [3.8, 4) is 5.75 Å². The Balaban J connectivity index is 1.72. The van der Waals surface area contributed by atoms with Crippen molar-refractivity contribution in [2.24, 2.45) is 0 Å². The molecule has 0 spiro atoms. The number of thiocarbonyl (C=S) groups is 1. The van der Waals surface area contributed by atoms with E-state index in [9.17, 15) is 31.1 Å². The highest BCUT2D eigenvalue weighted by molar-refractivity contribution is 7.80. The number of anilines is 1. The quantitative estimate of drug-likeness (QED) is 0.346. The maximum absolute atomic E-state index is 13.1. The first-order valence-corrected chi connectivity index (χ1v) is 11.1. The van der Waals surface area contributed by atoms with Gasteiger partial charge in [-0.2, -0.15) is 26.3 Å². The topological polar surface area (TPSA) is 62.4 Å². The van der Waals surface area contributed by atoms with Crippen LogP contribution in [0, 0.1) is 0 Å². The van der Waals surface area contributed by atoms with E-state index in [0.717, 1.165) is 12.8 Å². The number of hydrogen-bond donors (Lipinski definition) is 3. The number of carbonyl (C=O) groups is 1. The lowest BCUT2D eigenvalue weighted by Crippen LogP contribution is -2.54. The van der Waals surface area contributed by atoms with Crippen molar-refractivity contribution in [1.82, 2.24) is 10.6 Å². The predicted octanol–water partition coefficient (Wildman–Crippen LogP) is 5.76. The molecule has 35 heavy (non-hydrogen) atoms. The number of ether oxygens (including phenoxy) is 1. The minimum absolute atomic E-state index is 0.00891. The Hall–Kier alpha value is -3.02. The van der Waals surface area contributed by atoms with Gasteiger partial charge in [0, 0.05) is 23.3 Å². The molecule has 1 aliphatic carbocycles. The molecule has 0 radical (unpaired) electrons. The molecule has 0 saturated heterocycles. The zero-order valence-corrected chi connectivity index (χ0v) is 19.3. The fraction of sp³-hybridized carbons (Fsp3) is 0.391. The molecular weight excluding hydrogens is 496 g/mol. The summed E-state index contributed by atoms with van der Waals surface area (Å²) in [5.41, 5.74) is -3.11. The van der Waals surface area contributed by atoms with Crippen LogP contribution in [-0.2, 0) is 12.4 Å². The van der Waals surface area contributed by atoms with Crippen LogP contribution < -0.4 is 20.7 Å². The molecule has 190 valence electrons. The summed E-state index contributed by atoms with van der Waals surface area (Å²) in [6, 6.07) is 6.90. The Kier molecular flexibility index (Phi) is 8.14. The number of methoxy groups -OCH3 is 1. The molecule has 0 aliphatic heterocycles. The maximum atomic E-state index is 13.1. The summed E-state index contributed by atoms with van der Waals surface area (Å²) < 4.78 is 84.0. The van der Waals surface area contributed by atoms with E-state index in [-0.39, 0.29) is 17.2 Å². The Morgan fingerprint density at radius 2 is 1.40 bits per heavy atom. The molecule has 3 rings (SSSR count). The van der Waals surface area contributed by atoms with E-state index in [1.165, 1.54) is 7.11 Å². The zero-order chi connectivity index (χ0) is 25.8. The molecule has 0 unspecified atom stereocenters. The number of benzene rings is 2. The van der Waals surface area contributed by atoms with E-state index in [1.807, 2.05) is 0 Å². The summed E-state index contributed by atoms with van der Waals surface area (Å²) in [5, 5.41) is 8.94. The highest BCUT2D eigenvalue weighted by Gasteiger charge is 2.38. The average Bonchev–Trinajstić information content (AvgIpc) is 2.79. The number of halogens is 6. The lowest BCUT2D eigenvalue weighted by Gasteiger charge is -2.33. The van der Waals surface area contributed by atoms with Crippen molar-refractivity contribution in [1.29, 1.82) is 0 Å². The van der Waals surface area contributed by atoms with Crippen molar-refractivity contribution in [3.63, 3.8) is 0 Å². The molecule has 1 amide bonds. The number of rotatable bonds is 5. The monoisotopic (exact) mass is 519 g/mol. The van der Waals surface area contributed by atoms with Crippen molar-refractivity contribution >= 4 is 28.9 Å². The van der Waals surface area contributed by atoms with E-state index in [2.05, 4.69) is 16.0 Å². The Morgan fingerprint density at radius 3 is 1.89 bits per heavy atom. The molecule has 2 aromatic carbocycles. The Bertz CT molecular complexity index is 1020. The van der Waals surface area contributed by atoms with Crippen molar-refractivity contribution in [2.75, 3.05) is 12.4 Å². The summed E-state index contributed by atoms with van der Waals surface area (Å²) in [5.74, 6) is -0.359. The van der Waals surface area contributed by atoms with E-state index < -0.39 is 41.0 Å². The number of hydrogen-bond acceptors (Lipinski definition) is 3.